The first-order valence-corrected chi connectivity index (χ1v) is 25.8. The summed E-state index contributed by atoms with van der Waals surface area (Å²) in [6, 6.07) is 62.2. The van der Waals surface area contributed by atoms with Crippen LogP contribution in [-0.4, -0.2) is 16.1 Å². The highest BCUT2D eigenvalue weighted by Gasteiger charge is 2.40. The molecular weight excluding hydrogens is 703 g/mol. The van der Waals surface area contributed by atoms with Crippen LogP contribution in [0.3, 0.4) is 0 Å². The van der Waals surface area contributed by atoms with E-state index in [1.165, 1.54) is 96.9 Å². The maximum Gasteiger partial charge on any atom is 0.114 e. The van der Waals surface area contributed by atoms with Crippen molar-refractivity contribution in [1.82, 2.24) is 0 Å². The van der Waals surface area contributed by atoms with E-state index in [1.54, 1.807) is 5.19 Å². The first-order valence-electron chi connectivity index (χ1n) is 19.0. The summed E-state index contributed by atoms with van der Waals surface area (Å²) in [5.74, 6) is 0. The van der Waals surface area contributed by atoms with E-state index < -0.39 is 16.1 Å². The molecule has 0 radical (unpaired) electrons. The van der Waals surface area contributed by atoms with E-state index >= 15 is 0 Å². The average molecular weight is 742 g/mol. The Labute approximate surface area is 322 Å². The first kappa shape index (κ1) is 32.0. The van der Waals surface area contributed by atoms with Gasteiger partial charge in [0.1, 0.15) is 16.1 Å². The van der Waals surface area contributed by atoms with Crippen LogP contribution in [0.2, 0.25) is 26.2 Å². The van der Waals surface area contributed by atoms with Gasteiger partial charge in [0.05, 0.1) is 0 Å². The van der Waals surface area contributed by atoms with Crippen molar-refractivity contribution in [2.24, 2.45) is 0 Å². The van der Waals surface area contributed by atoms with Gasteiger partial charge in [0.25, 0.3) is 0 Å². The van der Waals surface area contributed by atoms with Crippen molar-refractivity contribution in [3.8, 4) is 33.4 Å². The van der Waals surface area contributed by atoms with Crippen LogP contribution in [-0.2, 0) is 0 Å². The van der Waals surface area contributed by atoms with Crippen molar-refractivity contribution in [2.45, 2.75) is 26.2 Å². The molecule has 0 unspecified atom stereocenters. The number of hydrogen-bond donors (Lipinski definition) is 0. The normalized spacial score (nSPS) is 14.6. The Hall–Kier alpha value is -5.53. The summed E-state index contributed by atoms with van der Waals surface area (Å²) in [6.07, 6.45) is 0. The maximum absolute atomic E-state index is 2.55. The van der Waals surface area contributed by atoms with Gasteiger partial charge in [0.2, 0.25) is 0 Å². The maximum atomic E-state index is 2.55. The number of nitrogens with zero attached hydrogens (tertiary/aromatic N) is 1. The molecule has 0 saturated carbocycles. The smallest absolute Gasteiger partial charge is 0.114 e. The van der Waals surface area contributed by atoms with Crippen molar-refractivity contribution in [3.63, 3.8) is 0 Å². The van der Waals surface area contributed by atoms with Crippen molar-refractivity contribution in [1.29, 1.82) is 0 Å². The summed E-state index contributed by atoms with van der Waals surface area (Å²) in [7, 11) is -3.80. The fourth-order valence-corrected chi connectivity index (χ4v) is 17.1. The molecule has 0 spiro atoms. The summed E-state index contributed by atoms with van der Waals surface area (Å²) in [5, 5.41) is 11.4. The summed E-state index contributed by atoms with van der Waals surface area (Å²) >= 11 is 1.96. The highest BCUT2D eigenvalue weighted by molar-refractivity contribution is 7.26. The van der Waals surface area contributed by atoms with Gasteiger partial charge in [0, 0.05) is 37.2 Å². The third-order valence-electron chi connectivity index (χ3n) is 12.4. The van der Waals surface area contributed by atoms with Gasteiger partial charge in [-0.3, -0.25) is 0 Å². The molecule has 258 valence electrons. The number of anilines is 3. The van der Waals surface area contributed by atoms with Crippen LogP contribution in [0.1, 0.15) is 0 Å². The van der Waals surface area contributed by atoms with Crippen LogP contribution in [0.4, 0.5) is 17.1 Å². The molecule has 0 fully saturated rings. The van der Waals surface area contributed by atoms with Crippen molar-refractivity contribution >= 4 is 96.2 Å². The Balaban J connectivity index is 1.11. The number of thiophene rings is 1. The van der Waals surface area contributed by atoms with Crippen LogP contribution in [0.25, 0.3) is 64.3 Å². The van der Waals surface area contributed by atoms with E-state index in [-0.39, 0.29) is 0 Å². The number of hydrogen-bond acceptors (Lipinski definition) is 2. The van der Waals surface area contributed by atoms with Gasteiger partial charge in [0.15, 0.2) is 0 Å². The molecule has 0 saturated heterocycles. The molecule has 2 aliphatic heterocycles. The molecule has 0 N–H and O–H groups in total. The van der Waals surface area contributed by atoms with E-state index in [0.29, 0.717) is 0 Å². The minimum Gasteiger partial charge on any atom is -0.310 e. The largest absolute Gasteiger partial charge is 0.310 e. The summed E-state index contributed by atoms with van der Waals surface area (Å²) in [5.41, 5.74) is 11.7. The fraction of sp³-hybridized carbons (Fsp3) is 0.0800. The van der Waals surface area contributed by atoms with Crippen molar-refractivity contribution in [2.75, 3.05) is 4.90 Å². The standard InChI is InChI=1S/C50H39NSSi2/c1-53(2)45-19-10-8-17-40(45)43-30-37(23-26-46(43)53)51(36-15-11-14-34(29-36)35-21-20-32-12-5-6-13-33(32)28-35)38-22-24-42-48(31-38)54(3,4)47-27-25-41-39-16-7-9-18-44(39)52-50(41)49(42)47/h5-31H,1-4H3. The number of benzene rings is 8. The molecule has 2 aliphatic rings. The molecule has 4 heteroatoms. The van der Waals surface area contributed by atoms with Crippen molar-refractivity contribution in [3.05, 3.63) is 164 Å². The molecule has 11 rings (SSSR count). The van der Waals surface area contributed by atoms with E-state index in [9.17, 15) is 0 Å². The first-order chi connectivity index (χ1) is 26.3. The van der Waals surface area contributed by atoms with Crippen LogP contribution < -0.4 is 25.6 Å². The molecular formula is C50H39NSSi2. The van der Waals surface area contributed by atoms with Gasteiger partial charge < -0.3 is 4.90 Å². The molecule has 0 atom stereocenters. The average Bonchev–Trinajstić information content (AvgIpc) is 3.77. The van der Waals surface area contributed by atoms with Gasteiger partial charge in [-0.15, -0.1) is 11.3 Å². The Morgan fingerprint density at radius 3 is 2.00 bits per heavy atom. The summed E-state index contributed by atoms with van der Waals surface area (Å²) < 4.78 is 2.80. The lowest BCUT2D eigenvalue weighted by Gasteiger charge is -2.29. The van der Waals surface area contributed by atoms with Gasteiger partial charge in [-0.25, -0.2) is 0 Å². The lowest BCUT2D eigenvalue weighted by molar-refractivity contribution is 1.29. The van der Waals surface area contributed by atoms with Crippen LogP contribution in [0.5, 0.6) is 0 Å². The summed E-state index contributed by atoms with van der Waals surface area (Å²) in [4.78, 5) is 2.52. The zero-order valence-corrected chi connectivity index (χ0v) is 33.8. The number of rotatable bonds is 4. The second-order valence-electron chi connectivity index (χ2n) is 16.2. The second-order valence-corrected chi connectivity index (χ2v) is 25.9. The molecule has 0 aliphatic carbocycles. The van der Waals surface area contributed by atoms with E-state index in [0.717, 1.165) is 0 Å². The van der Waals surface area contributed by atoms with Crippen LogP contribution >= 0.6 is 11.3 Å². The van der Waals surface area contributed by atoms with Gasteiger partial charge in [-0.2, -0.15) is 0 Å². The van der Waals surface area contributed by atoms with Gasteiger partial charge in [-0.05, 0) is 113 Å². The molecule has 8 aromatic carbocycles. The Morgan fingerprint density at radius 2 is 1.09 bits per heavy atom. The van der Waals surface area contributed by atoms with Gasteiger partial charge in [-0.1, -0.05) is 141 Å². The van der Waals surface area contributed by atoms with Crippen molar-refractivity contribution < 1.29 is 0 Å². The predicted molar refractivity (Wildman–Crippen MR) is 241 cm³/mol. The molecule has 0 bridgehead atoms. The second kappa shape index (κ2) is 11.5. The fourth-order valence-electron chi connectivity index (χ4n) is 9.62. The Kier molecular flexibility index (Phi) is 6.80. The minimum absolute atomic E-state index is 1.17. The van der Waals surface area contributed by atoms with Gasteiger partial charge >= 0.3 is 0 Å². The zero-order chi connectivity index (χ0) is 36.3. The minimum atomic E-state index is -2.01. The molecule has 1 aromatic heterocycles. The topological polar surface area (TPSA) is 3.24 Å². The lowest BCUT2D eigenvalue weighted by Crippen LogP contribution is -2.49. The SMILES string of the molecule is C[Si]1(C)c2ccccc2-c2cc(N(c3cccc(-c4ccc5ccccc5c4)c3)c3ccc4c(c3)[Si](C)(C)c3ccc5c(sc6ccccc65)c3-4)ccc21. The van der Waals surface area contributed by atoms with Crippen LogP contribution in [0, 0.1) is 0 Å². The lowest BCUT2D eigenvalue weighted by atomic mass is 9.99. The van der Waals surface area contributed by atoms with Crippen LogP contribution in [0.15, 0.2) is 164 Å². The monoisotopic (exact) mass is 741 g/mol. The van der Waals surface area contributed by atoms with E-state index in [2.05, 4.69) is 195 Å². The molecule has 0 amide bonds. The predicted octanol–water partition coefficient (Wildman–Crippen LogP) is 12.0. The third-order valence-corrected chi connectivity index (χ3v) is 20.7. The van der Waals surface area contributed by atoms with E-state index in [4.69, 9.17) is 0 Å². The molecule has 9 aromatic rings. The summed E-state index contributed by atoms with van der Waals surface area (Å²) in [6.45, 7) is 10.1. The Morgan fingerprint density at radius 1 is 0.407 bits per heavy atom. The molecule has 3 heterocycles. The zero-order valence-electron chi connectivity index (χ0n) is 30.9. The molecule has 54 heavy (non-hydrogen) atoms. The highest BCUT2D eigenvalue weighted by Crippen LogP contribution is 2.45. The number of fused-ring (bicyclic) bond motifs is 11. The Bertz CT molecular complexity index is 3020. The third kappa shape index (κ3) is 4.54. The molecule has 1 nitrogen and oxygen atoms in total. The van der Waals surface area contributed by atoms with E-state index in [1.807, 2.05) is 11.3 Å². The quantitative estimate of drug-likeness (QED) is 0.162. The highest BCUT2D eigenvalue weighted by atomic mass is 32.1.